The van der Waals surface area contributed by atoms with E-state index in [2.05, 4.69) is 42.4 Å². The summed E-state index contributed by atoms with van der Waals surface area (Å²) in [4.78, 5) is 12.8. The van der Waals surface area contributed by atoms with Gasteiger partial charge in [-0.3, -0.25) is 4.79 Å². The molecule has 6 nitrogen and oxygen atoms in total. The van der Waals surface area contributed by atoms with Crippen LogP contribution in [0, 0.1) is 0 Å². The normalized spacial score (nSPS) is 10.8. The molecule has 4 aromatic carbocycles. The molecule has 0 aromatic heterocycles. The van der Waals surface area contributed by atoms with Gasteiger partial charge in [-0.15, -0.1) is 0 Å². The van der Waals surface area contributed by atoms with Crippen molar-refractivity contribution in [3.05, 3.63) is 122 Å². The van der Waals surface area contributed by atoms with Crippen LogP contribution in [0.15, 0.2) is 105 Å². The lowest BCUT2D eigenvalue weighted by Crippen LogP contribution is -2.18. The average molecular weight is 638 g/mol. The molecular formula is C30H26Br2N2O4. The Bertz CT molecular complexity index is 1390. The highest BCUT2D eigenvalue weighted by Crippen LogP contribution is 2.29. The molecule has 0 atom stereocenters. The first kappa shape index (κ1) is 27.4. The number of halogens is 2. The van der Waals surface area contributed by atoms with E-state index in [0.29, 0.717) is 42.6 Å². The molecule has 1 N–H and O–H groups in total. The summed E-state index contributed by atoms with van der Waals surface area (Å²) in [5.41, 5.74) is 5.78. The van der Waals surface area contributed by atoms with E-state index in [9.17, 15) is 4.79 Å². The van der Waals surface area contributed by atoms with Gasteiger partial charge in [0.1, 0.15) is 19.0 Å². The molecule has 0 bridgehead atoms. The number of hydrazone groups is 1. The quantitative estimate of drug-likeness (QED) is 0.136. The lowest BCUT2D eigenvalue weighted by atomic mass is 10.2. The van der Waals surface area contributed by atoms with Gasteiger partial charge in [0.15, 0.2) is 11.5 Å². The molecule has 0 radical (unpaired) electrons. The lowest BCUT2D eigenvalue weighted by Gasteiger charge is -2.13. The van der Waals surface area contributed by atoms with Crippen LogP contribution in [0.4, 0.5) is 0 Å². The lowest BCUT2D eigenvalue weighted by molar-refractivity contribution is 0.0954. The van der Waals surface area contributed by atoms with Crippen LogP contribution in [0.5, 0.6) is 17.2 Å². The van der Waals surface area contributed by atoms with Gasteiger partial charge in [-0.05, 0) is 66.6 Å². The van der Waals surface area contributed by atoms with Crippen molar-refractivity contribution in [2.75, 3.05) is 6.61 Å². The zero-order chi connectivity index (χ0) is 26.7. The Kier molecular flexibility index (Phi) is 9.95. The number of carbonyl (C=O) groups is 1. The molecule has 0 unspecified atom stereocenters. The van der Waals surface area contributed by atoms with Gasteiger partial charge in [-0.2, -0.15) is 5.10 Å². The third-order valence-electron chi connectivity index (χ3n) is 5.39. The van der Waals surface area contributed by atoms with Crippen molar-refractivity contribution in [3.8, 4) is 17.2 Å². The molecule has 1 amide bonds. The number of carbonyl (C=O) groups excluding carboxylic acids is 1. The van der Waals surface area contributed by atoms with E-state index in [1.54, 1.807) is 24.4 Å². The van der Waals surface area contributed by atoms with Crippen LogP contribution < -0.4 is 19.6 Å². The second-order valence-electron chi connectivity index (χ2n) is 8.17. The molecule has 8 heteroatoms. The molecule has 0 aliphatic carbocycles. The number of nitrogens with one attached hydrogen (secondary N) is 1. The van der Waals surface area contributed by atoms with Crippen molar-refractivity contribution in [2.45, 2.75) is 20.1 Å². The Hall–Kier alpha value is -3.62. The maximum absolute atomic E-state index is 12.8. The minimum atomic E-state index is -0.371. The average Bonchev–Trinajstić information content (AvgIpc) is 2.93. The summed E-state index contributed by atoms with van der Waals surface area (Å²) in [6, 6.07) is 28.5. The van der Waals surface area contributed by atoms with E-state index in [1.807, 2.05) is 79.7 Å². The standard InChI is InChI=1S/C30H26Br2N2O4/c1-2-36-29-17-23(10-14-28(29)38-19-21-6-4-3-5-7-21)30(35)34-33-18-24-16-26(32)13-15-27(24)37-20-22-8-11-25(31)12-9-22/h3-18H,2,19-20H2,1H3,(H,34,35)/b33-18+. The number of benzene rings is 4. The predicted octanol–water partition coefficient (Wildman–Crippen LogP) is 7.53. The van der Waals surface area contributed by atoms with Crippen LogP contribution in [-0.4, -0.2) is 18.7 Å². The zero-order valence-corrected chi connectivity index (χ0v) is 23.9. The second kappa shape index (κ2) is 13.8. The van der Waals surface area contributed by atoms with Crippen molar-refractivity contribution >= 4 is 44.0 Å². The van der Waals surface area contributed by atoms with Gasteiger partial charge in [0.05, 0.1) is 12.8 Å². The van der Waals surface area contributed by atoms with E-state index in [-0.39, 0.29) is 5.91 Å². The summed E-state index contributed by atoms with van der Waals surface area (Å²) in [6.45, 7) is 3.12. The first-order valence-electron chi connectivity index (χ1n) is 12.0. The maximum Gasteiger partial charge on any atom is 0.271 e. The number of ether oxygens (including phenoxy) is 3. The molecule has 38 heavy (non-hydrogen) atoms. The molecule has 0 fully saturated rings. The van der Waals surface area contributed by atoms with E-state index in [4.69, 9.17) is 14.2 Å². The van der Waals surface area contributed by atoms with Crippen LogP contribution in [0.25, 0.3) is 0 Å². The Labute approximate surface area is 238 Å². The molecule has 0 saturated carbocycles. The third-order valence-corrected chi connectivity index (χ3v) is 6.41. The highest BCUT2D eigenvalue weighted by atomic mass is 79.9. The summed E-state index contributed by atoms with van der Waals surface area (Å²) in [5.74, 6) is 1.34. The fourth-order valence-corrected chi connectivity index (χ4v) is 4.13. The zero-order valence-electron chi connectivity index (χ0n) is 20.7. The van der Waals surface area contributed by atoms with E-state index in [0.717, 1.165) is 25.6 Å². The first-order chi connectivity index (χ1) is 18.5. The Morgan fingerprint density at radius 2 is 1.42 bits per heavy atom. The summed E-state index contributed by atoms with van der Waals surface area (Å²) >= 11 is 6.92. The van der Waals surface area contributed by atoms with Gasteiger partial charge in [0, 0.05) is 20.1 Å². The van der Waals surface area contributed by atoms with Crippen LogP contribution in [-0.2, 0) is 13.2 Å². The number of amides is 1. The van der Waals surface area contributed by atoms with Crippen molar-refractivity contribution in [1.82, 2.24) is 5.43 Å². The van der Waals surface area contributed by atoms with Gasteiger partial charge in [0.2, 0.25) is 0 Å². The third kappa shape index (κ3) is 7.94. The van der Waals surface area contributed by atoms with Gasteiger partial charge in [-0.25, -0.2) is 5.43 Å². The van der Waals surface area contributed by atoms with Gasteiger partial charge in [0.25, 0.3) is 5.91 Å². The van der Waals surface area contributed by atoms with Crippen molar-refractivity contribution in [3.63, 3.8) is 0 Å². The van der Waals surface area contributed by atoms with E-state index in [1.165, 1.54) is 0 Å². The van der Waals surface area contributed by atoms with Crippen molar-refractivity contribution < 1.29 is 19.0 Å². The van der Waals surface area contributed by atoms with Crippen molar-refractivity contribution in [1.29, 1.82) is 0 Å². The number of hydrogen-bond acceptors (Lipinski definition) is 5. The minimum absolute atomic E-state index is 0.371. The highest BCUT2D eigenvalue weighted by Gasteiger charge is 2.12. The Morgan fingerprint density at radius 1 is 0.763 bits per heavy atom. The van der Waals surface area contributed by atoms with Crippen LogP contribution in [0.2, 0.25) is 0 Å². The molecule has 0 spiro atoms. The van der Waals surface area contributed by atoms with Crippen LogP contribution in [0.1, 0.15) is 34.0 Å². The SMILES string of the molecule is CCOc1cc(C(=O)N/N=C/c2cc(Br)ccc2OCc2ccc(Br)cc2)ccc1OCc1ccccc1. The first-order valence-corrected chi connectivity index (χ1v) is 13.5. The molecule has 194 valence electrons. The molecule has 0 aliphatic heterocycles. The molecule has 4 rings (SSSR count). The smallest absolute Gasteiger partial charge is 0.271 e. The van der Waals surface area contributed by atoms with Crippen LogP contribution >= 0.6 is 31.9 Å². The number of rotatable bonds is 11. The minimum Gasteiger partial charge on any atom is -0.490 e. The second-order valence-corrected chi connectivity index (χ2v) is 10.00. The van der Waals surface area contributed by atoms with E-state index < -0.39 is 0 Å². The van der Waals surface area contributed by atoms with Gasteiger partial charge >= 0.3 is 0 Å². The summed E-state index contributed by atoms with van der Waals surface area (Å²) in [6.07, 6.45) is 1.56. The highest BCUT2D eigenvalue weighted by molar-refractivity contribution is 9.10. The molecule has 0 saturated heterocycles. The van der Waals surface area contributed by atoms with E-state index >= 15 is 0 Å². The Balaban J connectivity index is 1.41. The topological polar surface area (TPSA) is 69.2 Å². The van der Waals surface area contributed by atoms with Gasteiger partial charge in [-0.1, -0.05) is 74.3 Å². The van der Waals surface area contributed by atoms with Crippen LogP contribution in [0.3, 0.4) is 0 Å². The Morgan fingerprint density at radius 3 is 2.16 bits per heavy atom. The monoisotopic (exact) mass is 636 g/mol. The fourth-order valence-electron chi connectivity index (χ4n) is 3.49. The molecule has 4 aromatic rings. The van der Waals surface area contributed by atoms with Gasteiger partial charge < -0.3 is 14.2 Å². The summed E-state index contributed by atoms with van der Waals surface area (Å²) in [5, 5.41) is 4.16. The molecule has 0 heterocycles. The number of hydrogen-bond donors (Lipinski definition) is 1. The largest absolute Gasteiger partial charge is 0.490 e. The van der Waals surface area contributed by atoms with Crippen molar-refractivity contribution in [2.24, 2.45) is 5.10 Å². The maximum atomic E-state index is 12.8. The molecule has 0 aliphatic rings. The predicted molar refractivity (Wildman–Crippen MR) is 156 cm³/mol. The summed E-state index contributed by atoms with van der Waals surface area (Å²) in [7, 11) is 0. The molecular weight excluding hydrogens is 612 g/mol. The summed E-state index contributed by atoms with van der Waals surface area (Å²) < 4.78 is 19.5. The fraction of sp³-hybridized carbons (Fsp3) is 0.133. The number of nitrogens with zero attached hydrogens (tertiary/aromatic N) is 1.